The maximum Gasteiger partial charge on any atom is 0.269 e. The smallest absolute Gasteiger partial charge is 0.258 e. The monoisotopic (exact) mass is 201 g/mol. The minimum atomic E-state index is -2.47. The molecule has 13 heavy (non-hydrogen) atoms. The highest BCUT2D eigenvalue weighted by Crippen LogP contribution is 2.11. The first-order valence-corrected chi connectivity index (χ1v) is 4.81. The third-order valence-electron chi connectivity index (χ3n) is 1.46. The zero-order valence-electron chi connectivity index (χ0n) is 6.54. The lowest BCUT2D eigenvalue weighted by molar-refractivity contribution is -0.384. The summed E-state index contributed by atoms with van der Waals surface area (Å²) in [6.07, 6.45) is 0. The van der Waals surface area contributed by atoms with Gasteiger partial charge in [0.05, 0.1) is 10.7 Å². The third kappa shape index (κ3) is 2.83. The summed E-state index contributed by atoms with van der Waals surface area (Å²) in [6.45, 7) is 0. The van der Waals surface area contributed by atoms with Crippen molar-refractivity contribution < 1.29 is 13.3 Å². The van der Waals surface area contributed by atoms with Crippen LogP contribution in [0.4, 0.5) is 5.69 Å². The van der Waals surface area contributed by atoms with Crippen LogP contribution in [0, 0.1) is 10.1 Å². The zero-order valence-corrected chi connectivity index (χ0v) is 7.44. The predicted octanol–water partition coefficient (Wildman–Crippen LogP) is 0.706. The largest absolute Gasteiger partial charge is 0.269 e. The van der Waals surface area contributed by atoms with Crippen LogP contribution in [0.3, 0.4) is 0 Å². The van der Waals surface area contributed by atoms with E-state index in [2.05, 4.69) is 0 Å². The topological polar surface area (TPSA) is 77.3 Å². The van der Waals surface area contributed by atoms with Gasteiger partial charge in [0, 0.05) is 12.1 Å². The van der Waals surface area contributed by atoms with Crippen molar-refractivity contribution in [1.82, 2.24) is 0 Å². The minimum absolute atomic E-state index is 0.0372. The molecule has 1 rings (SSSR count). The summed E-state index contributed by atoms with van der Waals surface area (Å²) in [5.41, 5.74) is 0.520. The van der Waals surface area contributed by atoms with Gasteiger partial charge < -0.3 is 0 Å². The minimum Gasteiger partial charge on any atom is -0.258 e. The molecule has 1 aromatic rings. The molecule has 5 nitrogen and oxygen atoms in total. The summed E-state index contributed by atoms with van der Waals surface area (Å²) >= 11 is 0. The van der Waals surface area contributed by atoms with Crippen LogP contribution >= 0.6 is 0 Å². The second kappa shape index (κ2) is 3.99. The van der Waals surface area contributed by atoms with Crippen LogP contribution in [0.1, 0.15) is 5.56 Å². The molecule has 6 heteroatoms. The molecule has 70 valence electrons. The Bertz CT molecular complexity index is 374. The van der Waals surface area contributed by atoms with E-state index in [0.717, 1.165) is 0 Å². The SMILES string of the molecule is O=[N+]([O-])c1ccc(C[SH](=O)=O)cc1. The van der Waals surface area contributed by atoms with Crippen molar-refractivity contribution in [3.8, 4) is 0 Å². The van der Waals surface area contributed by atoms with Crippen molar-refractivity contribution in [3.63, 3.8) is 0 Å². The molecule has 0 aliphatic rings. The van der Waals surface area contributed by atoms with Crippen LogP contribution in [-0.4, -0.2) is 13.3 Å². The number of rotatable bonds is 3. The standard InChI is InChI=1S/C7H7NO4S/c9-8(10)7-3-1-6(2-4-7)5-13(11)12/h1-4,13H,5H2. The Morgan fingerprint density at radius 1 is 1.23 bits per heavy atom. The molecule has 0 radical (unpaired) electrons. The van der Waals surface area contributed by atoms with Crippen LogP contribution in [0.5, 0.6) is 0 Å². The van der Waals surface area contributed by atoms with Crippen LogP contribution in [0.2, 0.25) is 0 Å². The van der Waals surface area contributed by atoms with Crippen LogP contribution in [0.25, 0.3) is 0 Å². The van der Waals surface area contributed by atoms with Crippen LogP contribution < -0.4 is 0 Å². The van der Waals surface area contributed by atoms with Crippen molar-refractivity contribution in [2.45, 2.75) is 5.75 Å². The van der Waals surface area contributed by atoms with Crippen molar-refractivity contribution in [2.24, 2.45) is 0 Å². The number of hydrogen-bond donors (Lipinski definition) is 1. The molecule has 0 fully saturated rings. The molecule has 0 aromatic heterocycles. The first-order chi connectivity index (χ1) is 6.09. The summed E-state index contributed by atoms with van der Waals surface area (Å²) in [5, 5.41) is 10.2. The molecule has 0 aliphatic heterocycles. The van der Waals surface area contributed by atoms with Gasteiger partial charge in [-0.2, -0.15) is 0 Å². The highest BCUT2D eigenvalue weighted by molar-refractivity contribution is 7.71. The van der Waals surface area contributed by atoms with Gasteiger partial charge in [0.1, 0.15) is 10.7 Å². The predicted molar refractivity (Wildman–Crippen MR) is 47.1 cm³/mol. The van der Waals surface area contributed by atoms with Gasteiger partial charge in [-0.1, -0.05) is 12.1 Å². The third-order valence-corrected chi connectivity index (χ3v) is 2.08. The second-order valence-electron chi connectivity index (χ2n) is 2.41. The van der Waals surface area contributed by atoms with E-state index in [4.69, 9.17) is 0 Å². The van der Waals surface area contributed by atoms with Gasteiger partial charge >= 0.3 is 0 Å². The van der Waals surface area contributed by atoms with Crippen LogP contribution in [-0.2, 0) is 16.5 Å². The fourth-order valence-corrected chi connectivity index (χ4v) is 1.38. The Labute approximate surface area is 76.1 Å². The fraction of sp³-hybridized carbons (Fsp3) is 0.143. The van der Waals surface area contributed by atoms with E-state index in [1.54, 1.807) is 0 Å². The zero-order chi connectivity index (χ0) is 9.84. The summed E-state index contributed by atoms with van der Waals surface area (Å²) in [5.74, 6) is -0.0761. The summed E-state index contributed by atoms with van der Waals surface area (Å²) < 4.78 is 20.6. The highest BCUT2D eigenvalue weighted by atomic mass is 32.2. The van der Waals surface area contributed by atoms with E-state index < -0.39 is 15.6 Å². The number of thiol groups is 1. The Hall–Kier alpha value is -1.43. The van der Waals surface area contributed by atoms with Gasteiger partial charge in [0.2, 0.25) is 0 Å². The first kappa shape index (κ1) is 9.66. The maximum absolute atomic E-state index is 10.3. The Morgan fingerprint density at radius 3 is 2.15 bits per heavy atom. The van der Waals surface area contributed by atoms with E-state index in [0.29, 0.717) is 5.56 Å². The molecule has 1 aromatic carbocycles. The van der Waals surface area contributed by atoms with Crippen molar-refractivity contribution in [3.05, 3.63) is 39.9 Å². The number of nitro benzene ring substituents is 1. The lowest BCUT2D eigenvalue weighted by atomic mass is 10.2. The molecule has 0 atom stereocenters. The molecule has 0 saturated carbocycles. The lowest BCUT2D eigenvalue weighted by Gasteiger charge is -1.93. The Kier molecular flexibility index (Phi) is 2.97. The summed E-state index contributed by atoms with van der Waals surface area (Å²) in [6, 6.07) is 5.44. The maximum atomic E-state index is 10.3. The molecule has 0 saturated heterocycles. The van der Waals surface area contributed by atoms with E-state index in [1.165, 1.54) is 24.3 Å². The van der Waals surface area contributed by atoms with Crippen molar-refractivity contribution >= 4 is 16.4 Å². The molecule has 0 heterocycles. The molecule has 0 aliphatic carbocycles. The highest BCUT2D eigenvalue weighted by Gasteiger charge is 2.03. The van der Waals surface area contributed by atoms with Gasteiger partial charge in [-0.15, -0.1) is 0 Å². The summed E-state index contributed by atoms with van der Waals surface area (Å²) in [4.78, 5) is 9.69. The number of hydrogen-bond acceptors (Lipinski definition) is 4. The summed E-state index contributed by atoms with van der Waals surface area (Å²) in [7, 11) is -2.47. The second-order valence-corrected chi connectivity index (χ2v) is 3.40. The number of non-ortho nitro benzene ring substituents is 1. The van der Waals surface area contributed by atoms with Gasteiger partial charge in [-0.05, 0) is 5.56 Å². The molecule has 0 amide bonds. The Morgan fingerprint density at radius 2 is 1.77 bits per heavy atom. The molecular formula is C7H7NO4S. The lowest BCUT2D eigenvalue weighted by Crippen LogP contribution is -1.90. The average Bonchev–Trinajstić information content (AvgIpc) is 2.04. The van der Waals surface area contributed by atoms with Crippen molar-refractivity contribution in [1.29, 1.82) is 0 Å². The molecule has 0 N–H and O–H groups in total. The fourth-order valence-electron chi connectivity index (χ4n) is 0.872. The van der Waals surface area contributed by atoms with E-state index >= 15 is 0 Å². The number of benzene rings is 1. The quantitative estimate of drug-likeness (QED) is 0.443. The molecule has 0 bridgehead atoms. The van der Waals surface area contributed by atoms with E-state index in [-0.39, 0.29) is 11.4 Å². The Balaban J connectivity index is 2.87. The number of nitrogens with zero attached hydrogens (tertiary/aromatic N) is 1. The van der Waals surface area contributed by atoms with Gasteiger partial charge in [0.25, 0.3) is 5.69 Å². The van der Waals surface area contributed by atoms with Gasteiger partial charge in [-0.3, -0.25) is 10.1 Å². The molecule has 0 unspecified atom stereocenters. The molecule has 0 spiro atoms. The van der Waals surface area contributed by atoms with E-state index in [9.17, 15) is 18.5 Å². The van der Waals surface area contributed by atoms with E-state index in [1.807, 2.05) is 0 Å². The van der Waals surface area contributed by atoms with Crippen molar-refractivity contribution in [2.75, 3.05) is 0 Å². The average molecular weight is 201 g/mol. The first-order valence-electron chi connectivity index (χ1n) is 3.45. The van der Waals surface area contributed by atoms with Gasteiger partial charge in [-0.25, -0.2) is 8.42 Å². The molecular weight excluding hydrogens is 194 g/mol. The normalized spacial score (nSPS) is 10.2. The number of nitro groups is 1. The van der Waals surface area contributed by atoms with Crippen LogP contribution in [0.15, 0.2) is 24.3 Å². The van der Waals surface area contributed by atoms with Gasteiger partial charge in [0.15, 0.2) is 0 Å².